The fourth-order valence-corrected chi connectivity index (χ4v) is 1.81. The zero-order valence-electron chi connectivity index (χ0n) is 11.5. The highest BCUT2D eigenvalue weighted by Crippen LogP contribution is 2.25. The summed E-state index contributed by atoms with van der Waals surface area (Å²) in [5, 5.41) is 2.52. The van der Waals surface area contributed by atoms with E-state index in [9.17, 15) is 4.79 Å². The molecule has 2 rings (SSSR count). The lowest BCUT2D eigenvalue weighted by molar-refractivity contribution is 0.0958. The molecule has 1 amide bonds. The summed E-state index contributed by atoms with van der Waals surface area (Å²) in [4.78, 5) is 15.5. The van der Waals surface area contributed by atoms with Crippen molar-refractivity contribution in [2.45, 2.75) is 13.3 Å². The highest BCUT2D eigenvalue weighted by Gasteiger charge is 2.07. The molecule has 104 valence electrons. The number of amides is 1. The second-order valence-electron chi connectivity index (χ2n) is 4.27. The molecule has 3 N–H and O–H groups in total. The molecule has 5 heteroatoms. The van der Waals surface area contributed by atoms with Gasteiger partial charge < -0.3 is 15.8 Å². The number of anilines is 1. The third-order valence-corrected chi connectivity index (χ3v) is 2.92. The van der Waals surface area contributed by atoms with Crippen molar-refractivity contribution in [1.29, 1.82) is 0 Å². The number of nitrogen functional groups attached to an aromatic ring is 1. The maximum Gasteiger partial charge on any atom is 0.269 e. The van der Waals surface area contributed by atoms with Crippen molar-refractivity contribution in [3.05, 3.63) is 47.8 Å². The molecule has 0 saturated carbocycles. The summed E-state index contributed by atoms with van der Waals surface area (Å²) < 4.78 is 5.74. The number of pyridine rings is 1. The molecule has 0 saturated heterocycles. The summed E-state index contributed by atoms with van der Waals surface area (Å²) in [7, 11) is 1.56. The molecular weight excluding hydrogens is 254 g/mol. The van der Waals surface area contributed by atoms with E-state index in [2.05, 4.69) is 10.3 Å². The second-order valence-corrected chi connectivity index (χ2v) is 4.27. The van der Waals surface area contributed by atoms with Gasteiger partial charge in [0.05, 0.1) is 0 Å². The van der Waals surface area contributed by atoms with Crippen molar-refractivity contribution < 1.29 is 9.53 Å². The van der Waals surface area contributed by atoms with Crippen LogP contribution in [-0.2, 0) is 6.42 Å². The van der Waals surface area contributed by atoms with Crippen LogP contribution >= 0.6 is 0 Å². The van der Waals surface area contributed by atoms with Crippen LogP contribution in [-0.4, -0.2) is 17.9 Å². The second kappa shape index (κ2) is 6.06. The monoisotopic (exact) mass is 271 g/mol. The van der Waals surface area contributed by atoms with Crippen molar-refractivity contribution in [3.63, 3.8) is 0 Å². The maximum absolute atomic E-state index is 11.5. The van der Waals surface area contributed by atoms with Crippen LogP contribution in [0.3, 0.4) is 0 Å². The van der Waals surface area contributed by atoms with Gasteiger partial charge in [0, 0.05) is 25.0 Å². The summed E-state index contributed by atoms with van der Waals surface area (Å²) in [5.74, 6) is 0.998. The number of nitrogens with two attached hydrogens (primary N) is 1. The fraction of sp³-hybridized carbons (Fsp3) is 0.200. The van der Waals surface area contributed by atoms with Gasteiger partial charge >= 0.3 is 0 Å². The topological polar surface area (TPSA) is 77.2 Å². The maximum atomic E-state index is 11.5. The van der Waals surface area contributed by atoms with Crippen LogP contribution in [0, 0.1) is 0 Å². The first-order valence-electron chi connectivity index (χ1n) is 6.38. The zero-order chi connectivity index (χ0) is 14.5. The number of carbonyl (C=O) groups is 1. The number of rotatable bonds is 4. The largest absolute Gasteiger partial charge is 0.457 e. The molecule has 0 fully saturated rings. The van der Waals surface area contributed by atoms with Crippen LogP contribution in [0.25, 0.3) is 0 Å². The van der Waals surface area contributed by atoms with E-state index in [-0.39, 0.29) is 5.91 Å². The van der Waals surface area contributed by atoms with Gasteiger partial charge in [-0.2, -0.15) is 0 Å². The van der Waals surface area contributed by atoms with Gasteiger partial charge in [-0.15, -0.1) is 0 Å². The number of nitrogens with zero attached hydrogens (tertiary/aromatic N) is 1. The van der Waals surface area contributed by atoms with E-state index in [0.29, 0.717) is 17.2 Å². The Bertz CT molecular complexity index is 626. The average molecular weight is 271 g/mol. The fourth-order valence-electron chi connectivity index (χ4n) is 1.81. The van der Waals surface area contributed by atoms with E-state index in [0.717, 1.165) is 17.7 Å². The predicted molar refractivity (Wildman–Crippen MR) is 77.9 cm³/mol. The van der Waals surface area contributed by atoms with Crippen molar-refractivity contribution in [2.24, 2.45) is 0 Å². The third kappa shape index (κ3) is 3.06. The van der Waals surface area contributed by atoms with Crippen LogP contribution < -0.4 is 15.8 Å². The van der Waals surface area contributed by atoms with Crippen LogP contribution in [0.15, 0.2) is 36.5 Å². The lowest BCUT2D eigenvalue weighted by atomic mass is 10.1. The number of nitrogens with one attached hydrogen (secondary N) is 1. The van der Waals surface area contributed by atoms with Gasteiger partial charge in [-0.3, -0.25) is 9.78 Å². The van der Waals surface area contributed by atoms with Crippen molar-refractivity contribution in [2.75, 3.05) is 12.8 Å². The Balaban J connectivity index is 2.24. The molecular formula is C15H17N3O2. The van der Waals surface area contributed by atoms with E-state index in [1.54, 1.807) is 25.2 Å². The third-order valence-electron chi connectivity index (χ3n) is 2.92. The minimum Gasteiger partial charge on any atom is -0.457 e. The normalized spacial score (nSPS) is 10.1. The number of aromatic nitrogens is 1. The predicted octanol–water partition coefficient (Wildman–Crippen LogP) is 2.38. The molecule has 1 heterocycles. The highest BCUT2D eigenvalue weighted by molar-refractivity contribution is 5.92. The Labute approximate surface area is 117 Å². The number of ether oxygens (including phenoxy) is 1. The Morgan fingerprint density at radius 2 is 2.05 bits per heavy atom. The summed E-state index contributed by atoms with van der Waals surface area (Å²) in [6, 6.07) is 8.81. The smallest absolute Gasteiger partial charge is 0.269 e. The molecule has 1 aromatic carbocycles. The molecule has 0 aliphatic rings. The molecule has 5 nitrogen and oxygen atoms in total. The van der Waals surface area contributed by atoms with Gasteiger partial charge in [0.25, 0.3) is 5.91 Å². The molecule has 0 aliphatic heterocycles. The Hall–Kier alpha value is -2.56. The van der Waals surface area contributed by atoms with Crippen molar-refractivity contribution in [1.82, 2.24) is 10.3 Å². The quantitative estimate of drug-likeness (QED) is 0.837. The Morgan fingerprint density at radius 3 is 2.75 bits per heavy atom. The molecule has 0 aliphatic carbocycles. The van der Waals surface area contributed by atoms with Crippen molar-refractivity contribution in [3.8, 4) is 11.5 Å². The van der Waals surface area contributed by atoms with Crippen molar-refractivity contribution >= 4 is 11.6 Å². The van der Waals surface area contributed by atoms with E-state index >= 15 is 0 Å². The van der Waals surface area contributed by atoms with Gasteiger partial charge in [0.15, 0.2) is 0 Å². The van der Waals surface area contributed by atoms with Gasteiger partial charge in [0.2, 0.25) is 0 Å². The number of aryl methyl sites for hydroxylation is 1. The lowest BCUT2D eigenvalue weighted by Crippen LogP contribution is -2.18. The first kappa shape index (κ1) is 13.9. The molecule has 0 bridgehead atoms. The number of hydrogen-bond acceptors (Lipinski definition) is 4. The number of hydrogen-bond donors (Lipinski definition) is 2. The zero-order valence-corrected chi connectivity index (χ0v) is 11.5. The highest BCUT2D eigenvalue weighted by atomic mass is 16.5. The van der Waals surface area contributed by atoms with E-state index in [4.69, 9.17) is 10.5 Å². The van der Waals surface area contributed by atoms with Gasteiger partial charge in [-0.05, 0) is 36.2 Å². The summed E-state index contributed by atoms with van der Waals surface area (Å²) in [6.07, 6.45) is 2.38. The number of benzene rings is 1. The van der Waals surface area contributed by atoms with Crippen LogP contribution in [0.1, 0.15) is 23.0 Å². The van der Waals surface area contributed by atoms with Gasteiger partial charge in [0.1, 0.15) is 17.2 Å². The molecule has 2 aromatic rings. The lowest BCUT2D eigenvalue weighted by Gasteiger charge is -2.09. The Morgan fingerprint density at radius 1 is 1.30 bits per heavy atom. The van der Waals surface area contributed by atoms with Gasteiger partial charge in [-0.25, -0.2) is 0 Å². The average Bonchev–Trinajstić information content (AvgIpc) is 2.48. The van der Waals surface area contributed by atoms with Crippen LogP contribution in [0.4, 0.5) is 5.69 Å². The minimum atomic E-state index is -0.248. The van der Waals surface area contributed by atoms with E-state index in [1.807, 2.05) is 19.1 Å². The molecule has 20 heavy (non-hydrogen) atoms. The summed E-state index contributed by atoms with van der Waals surface area (Å²) >= 11 is 0. The first-order valence-corrected chi connectivity index (χ1v) is 6.38. The van der Waals surface area contributed by atoms with Gasteiger partial charge in [-0.1, -0.05) is 6.92 Å². The van der Waals surface area contributed by atoms with Crippen LogP contribution in [0.5, 0.6) is 11.5 Å². The molecule has 0 radical (unpaired) electrons. The Kier molecular flexibility index (Phi) is 4.20. The molecule has 0 atom stereocenters. The minimum absolute atomic E-state index is 0.248. The number of carbonyl (C=O) groups excluding carboxylic acids is 1. The van der Waals surface area contributed by atoms with E-state index < -0.39 is 0 Å². The van der Waals surface area contributed by atoms with Crippen LogP contribution in [0.2, 0.25) is 0 Å². The van der Waals surface area contributed by atoms with E-state index in [1.165, 1.54) is 6.20 Å². The molecule has 0 unspecified atom stereocenters. The first-order chi connectivity index (χ1) is 9.63. The molecule has 0 spiro atoms. The SMILES string of the molecule is CCc1cc(Oc2ccnc(C(=O)NC)c2)ccc1N. The summed E-state index contributed by atoms with van der Waals surface area (Å²) in [6.45, 7) is 2.03. The molecule has 1 aromatic heterocycles. The summed E-state index contributed by atoms with van der Waals surface area (Å²) in [5.41, 5.74) is 7.95. The standard InChI is InChI=1S/C15H17N3O2/c1-3-10-8-11(4-5-13(10)16)20-12-6-7-18-14(9-12)15(19)17-2/h4-9H,3,16H2,1-2H3,(H,17,19).